The highest BCUT2D eigenvalue weighted by atomic mass is 32.2. The Morgan fingerprint density at radius 3 is 2.32 bits per heavy atom. The predicted molar refractivity (Wildman–Crippen MR) is 101 cm³/mol. The van der Waals surface area contributed by atoms with E-state index in [9.17, 15) is 9.90 Å². The number of rotatable bonds is 5. The highest BCUT2D eigenvalue weighted by molar-refractivity contribution is 7.99. The van der Waals surface area contributed by atoms with E-state index in [-0.39, 0.29) is 10.6 Å². The zero-order chi connectivity index (χ0) is 17.8. The standard InChI is InChI=1S/C21H20O3S/c1-14(2)12-15-8-10-17(11-9-15)25-20-18(22)13-19(24-21(20)23)16-6-4-3-5-7-16/h3-11,13-14,22H,12H2,1-2H3. The fourth-order valence-corrected chi connectivity index (χ4v) is 3.39. The average Bonchev–Trinajstić information content (AvgIpc) is 2.60. The van der Waals surface area contributed by atoms with E-state index in [0.29, 0.717) is 11.7 Å². The molecule has 0 fully saturated rings. The van der Waals surface area contributed by atoms with Gasteiger partial charge >= 0.3 is 5.63 Å². The predicted octanol–water partition coefficient (Wildman–Crippen LogP) is 5.36. The fourth-order valence-electron chi connectivity index (χ4n) is 2.59. The van der Waals surface area contributed by atoms with Crippen molar-refractivity contribution in [3.05, 3.63) is 76.6 Å². The molecular formula is C21H20O3S. The van der Waals surface area contributed by atoms with Crippen LogP contribution in [0.4, 0.5) is 0 Å². The lowest BCUT2D eigenvalue weighted by Gasteiger charge is -2.08. The van der Waals surface area contributed by atoms with E-state index in [1.54, 1.807) is 0 Å². The van der Waals surface area contributed by atoms with Crippen molar-refractivity contribution in [2.75, 3.05) is 0 Å². The second kappa shape index (κ2) is 7.62. The minimum Gasteiger partial charge on any atom is -0.506 e. The number of hydrogen-bond acceptors (Lipinski definition) is 4. The molecule has 4 heteroatoms. The van der Waals surface area contributed by atoms with Crippen LogP contribution in [-0.2, 0) is 6.42 Å². The number of hydrogen-bond donors (Lipinski definition) is 1. The molecule has 3 aromatic rings. The Labute approximate surface area is 151 Å². The third-order valence-electron chi connectivity index (χ3n) is 3.73. The minimum atomic E-state index is -0.532. The summed E-state index contributed by atoms with van der Waals surface area (Å²) in [6.45, 7) is 4.36. The molecule has 3 rings (SSSR count). The van der Waals surface area contributed by atoms with E-state index in [1.807, 2.05) is 42.5 Å². The van der Waals surface area contributed by atoms with E-state index >= 15 is 0 Å². The van der Waals surface area contributed by atoms with Crippen LogP contribution in [-0.4, -0.2) is 5.11 Å². The molecule has 25 heavy (non-hydrogen) atoms. The summed E-state index contributed by atoms with van der Waals surface area (Å²) in [5.41, 5.74) is 1.48. The van der Waals surface area contributed by atoms with Crippen LogP contribution in [0.3, 0.4) is 0 Å². The first-order chi connectivity index (χ1) is 12.0. The maximum absolute atomic E-state index is 12.3. The monoisotopic (exact) mass is 352 g/mol. The van der Waals surface area contributed by atoms with Crippen molar-refractivity contribution in [3.63, 3.8) is 0 Å². The maximum atomic E-state index is 12.3. The molecule has 0 atom stereocenters. The number of aromatic hydroxyl groups is 1. The van der Waals surface area contributed by atoms with E-state index in [1.165, 1.54) is 23.4 Å². The SMILES string of the molecule is CC(C)Cc1ccc(Sc2c(O)cc(-c3ccccc3)oc2=O)cc1. The van der Waals surface area contributed by atoms with Crippen molar-refractivity contribution in [2.45, 2.75) is 30.1 Å². The molecule has 3 nitrogen and oxygen atoms in total. The maximum Gasteiger partial charge on any atom is 0.354 e. The lowest BCUT2D eigenvalue weighted by Crippen LogP contribution is -2.02. The van der Waals surface area contributed by atoms with Gasteiger partial charge in [-0.1, -0.05) is 68.1 Å². The molecule has 0 aliphatic carbocycles. The summed E-state index contributed by atoms with van der Waals surface area (Å²) >= 11 is 1.22. The Hall–Kier alpha value is -2.46. The number of benzene rings is 2. The summed E-state index contributed by atoms with van der Waals surface area (Å²) < 4.78 is 5.39. The smallest absolute Gasteiger partial charge is 0.354 e. The van der Waals surface area contributed by atoms with Gasteiger partial charge in [0.25, 0.3) is 0 Å². The summed E-state index contributed by atoms with van der Waals surface area (Å²) in [5.74, 6) is 0.895. The Balaban J connectivity index is 1.85. The zero-order valence-electron chi connectivity index (χ0n) is 14.2. The molecule has 0 bridgehead atoms. The van der Waals surface area contributed by atoms with Gasteiger partial charge in [0.05, 0.1) is 0 Å². The van der Waals surface area contributed by atoms with E-state index in [0.717, 1.165) is 16.9 Å². The van der Waals surface area contributed by atoms with Gasteiger partial charge in [-0.3, -0.25) is 0 Å². The van der Waals surface area contributed by atoms with Gasteiger partial charge in [0.15, 0.2) is 0 Å². The summed E-state index contributed by atoms with van der Waals surface area (Å²) in [6.07, 6.45) is 1.02. The first kappa shape index (κ1) is 17.4. The van der Waals surface area contributed by atoms with E-state index in [2.05, 4.69) is 26.0 Å². The highest BCUT2D eigenvalue weighted by Crippen LogP contribution is 2.34. The van der Waals surface area contributed by atoms with Crippen LogP contribution in [0, 0.1) is 5.92 Å². The van der Waals surface area contributed by atoms with E-state index < -0.39 is 5.63 Å². The lowest BCUT2D eigenvalue weighted by molar-refractivity contribution is 0.430. The Morgan fingerprint density at radius 1 is 1.04 bits per heavy atom. The molecule has 0 radical (unpaired) electrons. The second-order valence-corrected chi connectivity index (χ2v) is 7.41. The van der Waals surface area contributed by atoms with Crippen LogP contribution in [0.2, 0.25) is 0 Å². The van der Waals surface area contributed by atoms with Gasteiger partial charge in [0.2, 0.25) is 0 Å². The minimum absolute atomic E-state index is 0.0636. The third-order valence-corrected chi connectivity index (χ3v) is 4.82. The molecule has 1 aromatic heterocycles. The van der Waals surface area contributed by atoms with Crippen LogP contribution in [0.5, 0.6) is 5.75 Å². The molecule has 128 valence electrons. The van der Waals surface area contributed by atoms with Gasteiger partial charge in [0, 0.05) is 16.5 Å². The third kappa shape index (κ3) is 4.34. The summed E-state index contributed by atoms with van der Waals surface area (Å²) in [5, 5.41) is 10.3. The van der Waals surface area contributed by atoms with Crippen LogP contribution in [0.15, 0.2) is 79.7 Å². The molecular weight excluding hydrogens is 332 g/mol. The molecule has 0 amide bonds. The molecule has 0 unspecified atom stereocenters. The van der Waals surface area contributed by atoms with Gasteiger partial charge in [0.1, 0.15) is 16.4 Å². The zero-order valence-corrected chi connectivity index (χ0v) is 15.0. The molecule has 2 aromatic carbocycles. The Bertz CT molecular complexity index is 897. The van der Waals surface area contributed by atoms with Crippen molar-refractivity contribution < 1.29 is 9.52 Å². The summed E-state index contributed by atoms with van der Waals surface area (Å²) in [7, 11) is 0. The first-order valence-corrected chi connectivity index (χ1v) is 9.04. The van der Waals surface area contributed by atoms with Crippen molar-refractivity contribution in [1.82, 2.24) is 0 Å². The topological polar surface area (TPSA) is 50.4 Å². The Kier molecular flexibility index (Phi) is 5.29. The molecule has 0 saturated heterocycles. The summed E-state index contributed by atoms with van der Waals surface area (Å²) in [6, 6.07) is 18.8. The highest BCUT2D eigenvalue weighted by Gasteiger charge is 2.14. The van der Waals surface area contributed by atoms with Crippen molar-refractivity contribution >= 4 is 11.8 Å². The quantitative estimate of drug-likeness (QED) is 0.671. The van der Waals surface area contributed by atoms with Crippen LogP contribution in [0.1, 0.15) is 19.4 Å². The van der Waals surface area contributed by atoms with Gasteiger partial charge in [-0.15, -0.1) is 0 Å². The normalized spacial score (nSPS) is 11.0. The largest absolute Gasteiger partial charge is 0.506 e. The molecule has 0 saturated carbocycles. The molecule has 0 spiro atoms. The van der Waals surface area contributed by atoms with Gasteiger partial charge in [-0.25, -0.2) is 4.79 Å². The Morgan fingerprint density at radius 2 is 1.72 bits per heavy atom. The fraction of sp³-hybridized carbons (Fsp3) is 0.190. The van der Waals surface area contributed by atoms with Gasteiger partial charge in [-0.05, 0) is 30.0 Å². The van der Waals surface area contributed by atoms with Crippen LogP contribution < -0.4 is 5.63 Å². The van der Waals surface area contributed by atoms with Crippen molar-refractivity contribution in [1.29, 1.82) is 0 Å². The molecule has 0 aliphatic rings. The molecule has 0 aliphatic heterocycles. The average molecular weight is 352 g/mol. The van der Waals surface area contributed by atoms with Crippen molar-refractivity contribution in [2.24, 2.45) is 5.92 Å². The van der Waals surface area contributed by atoms with Gasteiger partial charge < -0.3 is 9.52 Å². The van der Waals surface area contributed by atoms with Gasteiger partial charge in [-0.2, -0.15) is 0 Å². The molecule has 1 heterocycles. The van der Waals surface area contributed by atoms with Crippen LogP contribution in [0.25, 0.3) is 11.3 Å². The first-order valence-electron chi connectivity index (χ1n) is 8.22. The lowest BCUT2D eigenvalue weighted by atomic mass is 10.0. The second-order valence-electron chi connectivity index (χ2n) is 6.32. The van der Waals surface area contributed by atoms with E-state index in [4.69, 9.17) is 4.42 Å². The van der Waals surface area contributed by atoms with Crippen LogP contribution >= 0.6 is 11.8 Å². The summed E-state index contributed by atoms with van der Waals surface area (Å²) in [4.78, 5) is 13.4. The van der Waals surface area contributed by atoms with Crippen molar-refractivity contribution in [3.8, 4) is 17.1 Å². The molecule has 1 N–H and O–H groups in total.